The number of pyridine rings is 1. The van der Waals surface area contributed by atoms with Crippen molar-refractivity contribution in [3.63, 3.8) is 0 Å². The number of carbonyl (C=O) groups is 1. The highest BCUT2D eigenvalue weighted by molar-refractivity contribution is 5.92. The predicted octanol–water partition coefficient (Wildman–Crippen LogP) is 1.97. The molecule has 25 heavy (non-hydrogen) atoms. The largest absolute Gasteiger partial charge is 0.506 e. The SMILES string of the molecule is CNCc1cc2cc(-c3[nH]c(=O)c(C(=O)O)c(O)c3C)ccc2n1C. The van der Waals surface area contributed by atoms with Gasteiger partial charge in [0.1, 0.15) is 5.75 Å². The van der Waals surface area contributed by atoms with Gasteiger partial charge in [-0.05, 0) is 37.7 Å². The molecule has 0 aliphatic rings. The molecule has 2 aromatic heterocycles. The Morgan fingerprint density at radius 3 is 2.68 bits per heavy atom. The number of aromatic amines is 1. The van der Waals surface area contributed by atoms with Crippen molar-refractivity contribution in [3.05, 3.63) is 51.4 Å². The molecule has 0 fully saturated rings. The van der Waals surface area contributed by atoms with Crippen LogP contribution in [-0.2, 0) is 13.6 Å². The van der Waals surface area contributed by atoms with Crippen molar-refractivity contribution in [2.75, 3.05) is 7.05 Å². The molecule has 0 spiro atoms. The minimum atomic E-state index is -1.45. The molecule has 3 aromatic rings. The molecule has 7 nitrogen and oxygen atoms in total. The van der Waals surface area contributed by atoms with Crippen LogP contribution < -0.4 is 10.9 Å². The van der Waals surface area contributed by atoms with Gasteiger partial charge in [0.2, 0.25) is 0 Å². The normalized spacial score (nSPS) is 11.2. The Kier molecular flexibility index (Phi) is 4.10. The molecule has 0 atom stereocenters. The van der Waals surface area contributed by atoms with E-state index in [2.05, 4.69) is 14.9 Å². The first-order chi connectivity index (χ1) is 11.8. The van der Waals surface area contributed by atoms with Gasteiger partial charge in [-0.1, -0.05) is 6.07 Å². The molecular formula is C18H19N3O4. The van der Waals surface area contributed by atoms with E-state index in [0.717, 1.165) is 23.1 Å². The molecule has 0 aliphatic carbocycles. The number of fused-ring (bicyclic) bond motifs is 1. The van der Waals surface area contributed by atoms with Crippen molar-refractivity contribution in [1.29, 1.82) is 0 Å². The number of rotatable bonds is 4. The second-order valence-corrected chi connectivity index (χ2v) is 5.98. The fraction of sp³-hybridized carbons (Fsp3) is 0.222. The molecule has 1 aromatic carbocycles. The number of aromatic nitrogens is 2. The quantitative estimate of drug-likeness (QED) is 0.580. The molecule has 0 bridgehead atoms. The highest BCUT2D eigenvalue weighted by atomic mass is 16.4. The molecule has 2 heterocycles. The van der Waals surface area contributed by atoms with E-state index in [1.54, 1.807) is 6.92 Å². The molecule has 0 radical (unpaired) electrons. The second-order valence-electron chi connectivity index (χ2n) is 5.98. The molecule has 130 valence electrons. The molecule has 0 saturated heterocycles. The zero-order chi connectivity index (χ0) is 18.3. The lowest BCUT2D eigenvalue weighted by atomic mass is 10.0. The maximum atomic E-state index is 12.0. The van der Waals surface area contributed by atoms with Gasteiger partial charge in [0.05, 0.1) is 5.69 Å². The highest BCUT2D eigenvalue weighted by Gasteiger charge is 2.20. The summed E-state index contributed by atoms with van der Waals surface area (Å²) >= 11 is 0. The van der Waals surface area contributed by atoms with Gasteiger partial charge in [-0.15, -0.1) is 0 Å². The molecule has 0 saturated carbocycles. The van der Waals surface area contributed by atoms with Crippen LogP contribution >= 0.6 is 0 Å². The third kappa shape index (κ3) is 2.68. The number of aryl methyl sites for hydroxylation is 1. The highest BCUT2D eigenvalue weighted by Crippen LogP contribution is 2.31. The van der Waals surface area contributed by atoms with Crippen LogP contribution in [0.3, 0.4) is 0 Å². The molecule has 4 N–H and O–H groups in total. The first kappa shape index (κ1) is 16.8. The van der Waals surface area contributed by atoms with E-state index >= 15 is 0 Å². The van der Waals surface area contributed by atoms with Crippen LogP contribution in [0.4, 0.5) is 0 Å². The monoisotopic (exact) mass is 341 g/mol. The Bertz CT molecular complexity index is 1050. The van der Waals surface area contributed by atoms with Gasteiger partial charge >= 0.3 is 5.97 Å². The van der Waals surface area contributed by atoms with Crippen LogP contribution in [-0.4, -0.2) is 32.8 Å². The van der Waals surface area contributed by atoms with Crippen molar-refractivity contribution >= 4 is 16.9 Å². The molecule has 0 amide bonds. The van der Waals surface area contributed by atoms with Gasteiger partial charge in [0.25, 0.3) is 5.56 Å². The zero-order valence-electron chi connectivity index (χ0n) is 14.2. The van der Waals surface area contributed by atoms with E-state index in [0.29, 0.717) is 16.8 Å². The van der Waals surface area contributed by atoms with E-state index in [9.17, 15) is 14.7 Å². The second kappa shape index (κ2) is 6.10. The van der Waals surface area contributed by atoms with Crippen molar-refractivity contribution in [2.45, 2.75) is 13.5 Å². The Morgan fingerprint density at radius 2 is 2.04 bits per heavy atom. The summed E-state index contributed by atoms with van der Waals surface area (Å²) in [4.78, 5) is 25.7. The van der Waals surface area contributed by atoms with Crippen molar-refractivity contribution < 1.29 is 15.0 Å². The van der Waals surface area contributed by atoms with Crippen LogP contribution in [0.25, 0.3) is 22.2 Å². The van der Waals surface area contributed by atoms with Gasteiger partial charge in [-0.25, -0.2) is 4.79 Å². The Hall–Kier alpha value is -3.06. The van der Waals surface area contributed by atoms with Crippen LogP contribution in [0.2, 0.25) is 0 Å². The molecule has 0 aliphatic heterocycles. The van der Waals surface area contributed by atoms with Gasteiger partial charge in [0.15, 0.2) is 5.56 Å². The van der Waals surface area contributed by atoms with Gasteiger partial charge in [-0.3, -0.25) is 4.79 Å². The molecule has 3 rings (SSSR count). The lowest BCUT2D eigenvalue weighted by Gasteiger charge is -2.10. The summed E-state index contributed by atoms with van der Waals surface area (Å²) in [6, 6.07) is 7.73. The first-order valence-electron chi connectivity index (χ1n) is 7.77. The van der Waals surface area contributed by atoms with Crippen molar-refractivity contribution in [2.24, 2.45) is 7.05 Å². The van der Waals surface area contributed by atoms with Gasteiger partial charge < -0.3 is 25.1 Å². The third-order valence-corrected chi connectivity index (χ3v) is 4.43. The third-order valence-electron chi connectivity index (χ3n) is 4.43. The topological polar surface area (TPSA) is 107 Å². The number of hydrogen-bond donors (Lipinski definition) is 4. The van der Waals surface area contributed by atoms with E-state index in [1.807, 2.05) is 38.4 Å². The summed E-state index contributed by atoms with van der Waals surface area (Å²) in [5.41, 5.74) is 2.13. The van der Waals surface area contributed by atoms with E-state index in [1.165, 1.54) is 0 Å². The summed E-state index contributed by atoms with van der Waals surface area (Å²) in [5.74, 6) is -1.96. The average Bonchev–Trinajstić information content (AvgIpc) is 2.86. The fourth-order valence-electron chi connectivity index (χ4n) is 3.08. The maximum Gasteiger partial charge on any atom is 0.345 e. The Balaban J connectivity index is 2.20. The standard InChI is InChI=1S/C18H19N3O4/c1-9-15(20-17(23)14(16(9)22)18(24)25)10-4-5-13-11(6-10)7-12(8-19-2)21(13)3/h4-7,19H,8H2,1-3H3,(H,24,25)(H2,20,22,23). The van der Waals surface area contributed by atoms with Crippen LogP contribution in [0.1, 0.15) is 21.6 Å². The molecule has 0 unspecified atom stereocenters. The van der Waals surface area contributed by atoms with E-state index < -0.39 is 22.8 Å². The van der Waals surface area contributed by atoms with Gasteiger partial charge in [0, 0.05) is 35.8 Å². The number of H-pyrrole nitrogens is 1. The molecule has 7 heteroatoms. The predicted molar refractivity (Wildman–Crippen MR) is 95.1 cm³/mol. The summed E-state index contributed by atoms with van der Waals surface area (Å²) < 4.78 is 2.08. The van der Waals surface area contributed by atoms with Crippen molar-refractivity contribution in [1.82, 2.24) is 14.9 Å². The zero-order valence-corrected chi connectivity index (χ0v) is 14.2. The number of benzene rings is 1. The number of aromatic carboxylic acids is 1. The first-order valence-corrected chi connectivity index (χ1v) is 7.77. The lowest BCUT2D eigenvalue weighted by molar-refractivity contribution is 0.0691. The number of carboxylic acid groups (broad SMARTS) is 1. The van der Waals surface area contributed by atoms with Crippen LogP contribution in [0.5, 0.6) is 5.75 Å². The smallest absolute Gasteiger partial charge is 0.345 e. The number of nitrogens with one attached hydrogen (secondary N) is 2. The number of aromatic hydroxyl groups is 1. The fourth-order valence-corrected chi connectivity index (χ4v) is 3.08. The number of nitrogens with zero attached hydrogens (tertiary/aromatic N) is 1. The summed E-state index contributed by atoms with van der Waals surface area (Å²) in [7, 11) is 3.86. The summed E-state index contributed by atoms with van der Waals surface area (Å²) in [6.45, 7) is 2.30. The van der Waals surface area contributed by atoms with Crippen LogP contribution in [0, 0.1) is 6.92 Å². The Labute approximate surface area is 143 Å². The van der Waals surface area contributed by atoms with Gasteiger partial charge in [-0.2, -0.15) is 0 Å². The summed E-state index contributed by atoms with van der Waals surface area (Å²) in [5, 5.41) is 23.3. The lowest BCUT2D eigenvalue weighted by Crippen LogP contribution is -2.19. The van der Waals surface area contributed by atoms with Crippen LogP contribution in [0.15, 0.2) is 29.1 Å². The Morgan fingerprint density at radius 1 is 1.32 bits per heavy atom. The maximum absolute atomic E-state index is 12.0. The number of carboxylic acids is 1. The summed E-state index contributed by atoms with van der Waals surface area (Å²) in [6.07, 6.45) is 0. The number of hydrogen-bond acceptors (Lipinski definition) is 4. The molecular weight excluding hydrogens is 322 g/mol. The minimum absolute atomic E-state index is 0.322. The minimum Gasteiger partial charge on any atom is -0.506 e. The van der Waals surface area contributed by atoms with E-state index in [-0.39, 0.29) is 0 Å². The van der Waals surface area contributed by atoms with E-state index in [4.69, 9.17) is 5.11 Å². The average molecular weight is 341 g/mol. The van der Waals surface area contributed by atoms with Crippen molar-refractivity contribution in [3.8, 4) is 17.0 Å².